The van der Waals surface area contributed by atoms with Crippen LogP contribution in [0.4, 0.5) is 5.00 Å². The number of anilines is 1. The zero-order valence-electron chi connectivity index (χ0n) is 13.7. The monoisotopic (exact) mass is 363 g/mol. The smallest absolute Gasteiger partial charge is 0.341 e. The molecule has 0 fully saturated rings. The predicted octanol–water partition coefficient (Wildman–Crippen LogP) is 2.76. The molecule has 0 atom stereocenters. The molecule has 1 heterocycles. The van der Waals surface area contributed by atoms with E-state index in [4.69, 9.17) is 14.2 Å². The number of nitrogens with one attached hydrogen (secondary N) is 1. The van der Waals surface area contributed by atoms with Gasteiger partial charge >= 0.3 is 5.97 Å². The second-order valence-electron chi connectivity index (χ2n) is 4.75. The number of carbonyl (C=O) groups is 3. The van der Waals surface area contributed by atoms with Gasteiger partial charge in [0, 0.05) is 5.56 Å². The first kappa shape index (κ1) is 18.5. The fraction of sp³-hybridized carbons (Fsp3) is 0.235. The Balaban J connectivity index is 1.99. The topological polar surface area (TPSA) is 90.9 Å². The van der Waals surface area contributed by atoms with E-state index >= 15 is 0 Å². The van der Waals surface area contributed by atoms with E-state index in [1.54, 1.807) is 30.5 Å². The van der Waals surface area contributed by atoms with Crippen molar-refractivity contribution in [1.29, 1.82) is 0 Å². The summed E-state index contributed by atoms with van der Waals surface area (Å²) < 4.78 is 15.5. The first-order chi connectivity index (χ1) is 12.1. The van der Waals surface area contributed by atoms with Crippen LogP contribution in [-0.2, 0) is 9.53 Å². The SMILES string of the molecule is CCOC(=O)c1ccsc1NC(=O)COc1ccc(C=O)cc1OC. The Labute approximate surface area is 148 Å². The van der Waals surface area contributed by atoms with E-state index in [1.165, 1.54) is 24.5 Å². The van der Waals surface area contributed by atoms with Gasteiger partial charge in [0.15, 0.2) is 18.1 Å². The standard InChI is InChI=1S/C17H17NO6S/c1-3-23-17(21)12-6-7-25-16(12)18-15(20)10-24-13-5-4-11(9-19)8-14(13)22-2/h4-9H,3,10H2,1-2H3,(H,18,20). The zero-order valence-corrected chi connectivity index (χ0v) is 14.6. The summed E-state index contributed by atoms with van der Waals surface area (Å²) in [6.07, 6.45) is 0.687. The molecular formula is C17H17NO6S. The van der Waals surface area contributed by atoms with Crippen molar-refractivity contribution in [3.8, 4) is 11.5 Å². The second-order valence-corrected chi connectivity index (χ2v) is 5.66. The number of benzene rings is 1. The van der Waals surface area contributed by atoms with Crippen LogP contribution in [0.25, 0.3) is 0 Å². The van der Waals surface area contributed by atoms with Crippen LogP contribution < -0.4 is 14.8 Å². The number of methoxy groups -OCH3 is 1. The van der Waals surface area contributed by atoms with Crippen molar-refractivity contribution in [3.05, 3.63) is 40.8 Å². The molecule has 0 aliphatic rings. The predicted molar refractivity (Wildman–Crippen MR) is 92.8 cm³/mol. The molecule has 1 aromatic heterocycles. The van der Waals surface area contributed by atoms with Crippen molar-refractivity contribution in [3.63, 3.8) is 0 Å². The average Bonchev–Trinajstić information content (AvgIpc) is 3.08. The lowest BCUT2D eigenvalue weighted by Crippen LogP contribution is -2.21. The number of aldehydes is 1. The summed E-state index contributed by atoms with van der Waals surface area (Å²) in [5.74, 6) is -0.249. The van der Waals surface area contributed by atoms with Gasteiger partial charge in [-0.1, -0.05) is 0 Å². The molecule has 25 heavy (non-hydrogen) atoms. The highest BCUT2D eigenvalue weighted by atomic mass is 32.1. The molecule has 0 spiro atoms. The Bertz CT molecular complexity index is 770. The van der Waals surface area contributed by atoms with Crippen LogP contribution in [-0.4, -0.2) is 38.5 Å². The Morgan fingerprint density at radius 3 is 2.72 bits per heavy atom. The molecule has 0 saturated heterocycles. The van der Waals surface area contributed by atoms with E-state index in [9.17, 15) is 14.4 Å². The summed E-state index contributed by atoms with van der Waals surface area (Å²) >= 11 is 1.21. The number of ether oxygens (including phenoxy) is 3. The van der Waals surface area contributed by atoms with Gasteiger partial charge < -0.3 is 19.5 Å². The van der Waals surface area contributed by atoms with E-state index in [1.807, 2.05) is 0 Å². The lowest BCUT2D eigenvalue weighted by molar-refractivity contribution is -0.118. The summed E-state index contributed by atoms with van der Waals surface area (Å²) in [5.41, 5.74) is 0.736. The van der Waals surface area contributed by atoms with Gasteiger partial charge in [0.25, 0.3) is 5.91 Å². The molecule has 0 bridgehead atoms. The van der Waals surface area contributed by atoms with Gasteiger partial charge in [0.2, 0.25) is 0 Å². The van der Waals surface area contributed by atoms with E-state index < -0.39 is 11.9 Å². The summed E-state index contributed by atoms with van der Waals surface area (Å²) in [6.45, 7) is 1.68. The van der Waals surface area contributed by atoms with E-state index in [-0.39, 0.29) is 13.2 Å². The van der Waals surface area contributed by atoms with E-state index in [0.29, 0.717) is 33.9 Å². The van der Waals surface area contributed by atoms with Crippen LogP contribution in [0.3, 0.4) is 0 Å². The van der Waals surface area contributed by atoms with Crippen LogP contribution in [0, 0.1) is 0 Å². The fourth-order valence-corrected chi connectivity index (χ4v) is 2.75. The van der Waals surface area contributed by atoms with Crippen LogP contribution >= 0.6 is 11.3 Å². The molecule has 0 radical (unpaired) electrons. The van der Waals surface area contributed by atoms with Gasteiger partial charge in [-0.05, 0) is 36.6 Å². The molecule has 7 nitrogen and oxygen atoms in total. The Kier molecular flexibility index (Phi) is 6.53. The lowest BCUT2D eigenvalue weighted by Gasteiger charge is -2.11. The van der Waals surface area contributed by atoms with Gasteiger partial charge in [-0.15, -0.1) is 11.3 Å². The molecule has 1 aromatic carbocycles. The first-order valence-corrected chi connectivity index (χ1v) is 8.27. The van der Waals surface area contributed by atoms with Gasteiger partial charge in [0.05, 0.1) is 19.3 Å². The minimum Gasteiger partial charge on any atom is -0.493 e. The highest BCUT2D eigenvalue weighted by Crippen LogP contribution is 2.28. The van der Waals surface area contributed by atoms with Crippen molar-refractivity contribution in [1.82, 2.24) is 0 Å². The second kappa shape index (κ2) is 8.84. The molecular weight excluding hydrogens is 346 g/mol. The molecule has 8 heteroatoms. The quantitative estimate of drug-likeness (QED) is 0.573. The molecule has 0 aliphatic carbocycles. The number of esters is 1. The molecule has 1 amide bonds. The number of thiophene rings is 1. The Hall–Kier alpha value is -2.87. The third kappa shape index (κ3) is 4.80. The van der Waals surface area contributed by atoms with Gasteiger partial charge in [-0.2, -0.15) is 0 Å². The van der Waals surface area contributed by atoms with Gasteiger partial charge in [0.1, 0.15) is 11.3 Å². The highest BCUT2D eigenvalue weighted by molar-refractivity contribution is 7.14. The highest BCUT2D eigenvalue weighted by Gasteiger charge is 2.16. The summed E-state index contributed by atoms with van der Waals surface area (Å²) in [6, 6.07) is 6.20. The number of hydrogen-bond donors (Lipinski definition) is 1. The first-order valence-electron chi connectivity index (χ1n) is 7.39. The molecule has 0 unspecified atom stereocenters. The van der Waals surface area contributed by atoms with Crippen molar-refractivity contribution in [2.75, 3.05) is 25.6 Å². The van der Waals surface area contributed by atoms with Gasteiger partial charge in [-0.25, -0.2) is 4.79 Å². The van der Waals surface area contributed by atoms with Gasteiger partial charge in [-0.3, -0.25) is 9.59 Å². The molecule has 132 valence electrons. The van der Waals surface area contributed by atoms with E-state index in [2.05, 4.69) is 5.32 Å². The van der Waals surface area contributed by atoms with Crippen molar-refractivity contribution in [2.45, 2.75) is 6.92 Å². The third-order valence-corrected chi connectivity index (χ3v) is 3.93. The minimum atomic E-state index is -0.494. The van der Waals surface area contributed by atoms with Crippen LogP contribution in [0.5, 0.6) is 11.5 Å². The zero-order chi connectivity index (χ0) is 18.2. The van der Waals surface area contributed by atoms with Crippen LogP contribution in [0.15, 0.2) is 29.6 Å². The average molecular weight is 363 g/mol. The Morgan fingerprint density at radius 2 is 2.04 bits per heavy atom. The van der Waals surface area contributed by atoms with Crippen LogP contribution in [0.1, 0.15) is 27.6 Å². The van der Waals surface area contributed by atoms with Crippen molar-refractivity contribution >= 4 is 34.5 Å². The number of amides is 1. The normalized spacial score (nSPS) is 10.0. The maximum atomic E-state index is 12.1. The summed E-state index contributed by atoms with van der Waals surface area (Å²) in [7, 11) is 1.44. The molecule has 0 aliphatic heterocycles. The molecule has 2 rings (SSSR count). The summed E-state index contributed by atoms with van der Waals surface area (Å²) in [5, 5.41) is 4.70. The van der Waals surface area contributed by atoms with Crippen molar-refractivity contribution in [2.24, 2.45) is 0 Å². The maximum Gasteiger partial charge on any atom is 0.341 e. The van der Waals surface area contributed by atoms with Crippen LogP contribution in [0.2, 0.25) is 0 Å². The number of hydrogen-bond acceptors (Lipinski definition) is 7. The maximum absolute atomic E-state index is 12.1. The lowest BCUT2D eigenvalue weighted by atomic mass is 10.2. The third-order valence-electron chi connectivity index (χ3n) is 3.10. The molecule has 0 saturated carbocycles. The minimum absolute atomic E-state index is 0.252. The molecule has 2 aromatic rings. The summed E-state index contributed by atoms with van der Waals surface area (Å²) in [4.78, 5) is 34.6. The number of carbonyl (C=O) groups excluding carboxylic acids is 3. The largest absolute Gasteiger partial charge is 0.493 e. The molecule has 1 N–H and O–H groups in total. The number of rotatable bonds is 8. The Morgan fingerprint density at radius 1 is 1.24 bits per heavy atom. The van der Waals surface area contributed by atoms with E-state index in [0.717, 1.165) is 0 Å². The van der Waals surface area contributed by atoms with Crippen molar-refractivity contribution < 1.29 is 28.6 Å². The fourth-order valence-electron chi connectivity index (χ4n) is 1.96.